The number of anilines is 1. The molecule has 0 aromatic carbocycles. The van der Waals surface area contributed by atoms with Crippen molar-refractivity contribution < 1.29 is 0 Å². The molecule has 2 rings (SSSR count). The van der Waals surface area contributed by atoms with E-state index < -0.39 is 0 Å². The molecule has 0 saturated heterocycles. The van der Waals surface area contributed by atoms with Crippen LogP contribution in [-0.4, -0.2) is 20.0 Å². The number of rotatable bonds is 6. The van der Waals surface area contributed by atoms with Crippen LogP contribution in [-0.2, 0) is 6.54 Å². The van der Waals surface area contributed by atoms with E-state index in [-0.39, 0.29) is 11.6 Å². The molecule has 1 atom stereocenters. The normalized spacial score (nSPS) is 12.3. The molecule has 0 radical (unpaired) electrons. The first-order valence-corrected chi connectivity index (χ1v) is 7.43. The van der Waals surface area contributed by atoms with Gasteiger partial charge in [-0.05, 0) is 29.3 Å². The van der Waals surface area contributed by atoms with E-state index in [1.165, 1.54) is 4.68 Å². The van der Waals surface area contributed by atoms with Gasteiger partial charge in [0.2, 0.25) is 0 Å². The SMILES string of the molecule is CCCCn1ncc(NC(C)c2cn[nH]c2)c(Br)c1=O. The van der Waals surface area contributed by atoms with Gasteiger partial charge in [0.05, 0.1) is 24.1 Å². The molecular formula is C13H18BrN5O. The molecule has 0 aliphatic rings. The Labute approximate surface area is 125 Å². The Hall–Kier alpha value is -1.63. The maximum absolute atomic E-state index is 12.2. The fourth-order valence-electron chi connectivity index (χ4n) is 1.85. The van der Waals surface area contributed by atoms with Crippen LogP contribution in [0.15, 0.2) is 27.9 Å². The van der Waals surface area contributed by atoms with Crippen molar-refractivity contribution >= 4 is 21.6 Å². The lowest BCUT2D eigenvalue weighted by atomic mass is 10.2. The zero-order valence-corrected chi connectivity index (χ0v) is 13.1. The Morgan fingerprint density at radius 3 is 2.95 bits per heavy atom. The maximum atomic E-state index is 12.2. The molecule has 2 aromatic heterocycles. The smallest absolute Gasteiger partial charge is 0.283 e. The van der Waals surface area contributed by atoms with E-state index in [0.29, 0.717) is 16.7 Å². The van der Waals surface area contributed by atoms with Gasteiger partial charge in [-0.25, -0.2) is 4.68 Å². The number of nitrogens with one attached hydrogen (secondary N) is 2. The fourth-order valence-corrected chi connectivity index (χ4v) is 2.27. The summed E-state index contributed by atoms with van der Waals surface area (Å²) in [5.41, 5.74) is 1.60. The third-order valence-electron chi connectivity index (χ3n) is 3.10. The van der Waals surface area contributed by atoms with Crippen molar-refractivity contribution in [1.29, 1.82) is 0 Å². The summed E-state index contributed by atoms with van der Waals surface area (Å²) < 4.78 is 2.00. The minimum absolute atomic E-state index is 0.0396. The first kappa shape index (κ1) is 14.8. The second kappa shape index (κ2) is 6.69. The minimum atomic E-state index is -0.108. The second-order valence-corrected chi connectivity index (χ2v) is 5.44. The van der Waals surface area contributed by atoms with Crippen molar-refractivity contribution in [1.82, 2.24) is 20.0 Å². The van der Waals surface area contributed by atoms with Gasteiger partial charge in [0.1, 0.15) is 4.47 Å². The molecule has 0 bridgehead atoms. The van der Waals surface area contributed by atoms with Gasteiger partial charge in [-0.2, -0.15) is 10.2 Å². The number of hydrogen-bond donors (Lipinski definition) is 2. The molecule has 0 aliphatic carbocycles. The molecular weight excluding hydrogens is 322 g/mol. The van der Waals surface area contributed by atoms with Crippen molar-refractivity contribution in [3.8, 4) is 0 Å². The van der Waals surface area contributed by atoms with Crippen LogP contribution in [0.2, 0.25) is 0 Å². The molecule has 2 N–H and O–H groups in total. The quantitative estimate of drug-likeness (QED) is 0.848. The van der Waals surface area contributed by atoms with Crippen molar-refractivity contribution in [2.45, 2.75) is 39.3 Å². The average molecular weight is 340 g/mol. The average Bonchev–Trinajstić information content (AvgIpc) is 2.97. The molecule has 0 amide bonds. The van der Waals surface area contributed by atoms with Gasteiger partial charge in [-0.3, -0.25) is 9.89 Å². The Morgan fingerprint density at radius 2 is 2.30 bits per heavy atom. The number of aryl methyl sites for hydroxylation is 1. The van der Waals surface area contributed by atoms with Crippen molar-refractivity contribution in [3.63, 3.8) is 0 Å². The lowest BCUT2D eigenvalue weighted by Gasteiger charge is -2.15. The summed E-state index contributed by atoms with van der Waals surface area (Å²) in [4.78, 5) is 12.2. The summed E-state index contributed by atoms with van der Waals surface area (Å²) in [6.07, 6.45) is 7.22. The van der Waals surface area contributed by atoms with Crippen LogP contribution < -0.4 is 10.9 Å². The predicted octanol–water partition coefficient (Wildman–Crippen LogP) is 2.70. The highest BCUT2D eigenvalue weighted by molar-refractivity contribution is 9.10. The Kier molecular flexibility index (Phi) is 4.94. The highest BCUT2D eigenvalue weighted by Crippen LogP contribution is 2.22. The Morgan fingerprint density at radius 1 is 1.50 bits per heavy atom. The van der Waals surface area contributed by atoms with Crippen molar-refractivity contribution in [2.75, 3.05) is 5.32 Å². The summed E-state index contributed by atoms with van der Waals surface area (Å²) in [5.74, 6) is 0. The highest BCUT2D eigenvalue weighted by atomic mass is 79.9. The molecule has 2 aromatic rings. The van der Waals surface area contributed by atoms with Crippen LogP contribution in [0.5, 0.6) is 0 Å². The number of nitrogens with zero attached hydrogens (tertiary/aromatic N) is 3. The van der Waals surface area contributed by atoms with Crippen LogP contribution in [0.25, 0.3) is 0 Å². The van der Waals surface area contributed by atoms with Gasteiger partial charge in [0.15, 0.2) is 0 Å². The van der Waals surface area contributed by atoms with Crippen LogP contribution in [0, 0.1) is 0 Å². The Balaban J connectivity index is 2.17. The number of H-pyrrole nitrogens is 1. The highest BCUT2D eigenvalue weighted by Gasteiger charge is 2.12. The third-order valence-corrected chi connectivity index (χ3v) is 3.87. The molecule has 108 valence electrons. The summed E-state index contributed by atoms with van der Waals surface area (Å²) in [6, 6.07) is 0.0396. The van der Waals surface area contributed by atoms with Crippen LogP contribution in [0.3, 0.4) is 0 Å². The van der Waals surface area contributed by atoms with E-state index in [9.17, 15) is 4.79 Å². The molecule has 6 nitrogen and oxygen atoms in total. The zero-order chi connectivity index (χ0) is 14.5. The number of halogens is 1. The second-order valence-electron chi connectivity index (χ2n) is 4.65. The number of hydrogen-bond acceptors (Lipinski definition) is 4. The molecule has 20 heavy (non-hydrogen) atoms. The van der Waals surface area contributed by atoms with E-state index in [4.69, 9.17) is 0 Å². The third kappa shape index (κ3) is 3.27. The predicted molar refractivity (Wildman–Crippen MR) is 81.7 cm³/mol. The lowest BCUT2D eigenvalue weighted by Crippen LogP contribution is -2.25. The maximum Gasteiger partial charge on any atom is 0.283 e. The van der Waals surface area contributed by atoms with Gasteiger partial charge >= 0.3 is 0 Å². The largest absolute Gasteiger partial charge is 0.376 e. The van der Waals surface area contributed by atoms with Gasteiger partial charge in [0, 0.05) is 18.3 Å². The van der Waals surface area contributed by atoms with E-state index in [1.54, 1.807) is 12.4 Å². The molecule has 0 spiro atoms. The van der Waals surface area contributed by atoms with Gasteiger partial charge in [-0.15, -0.1) is 0 Å². The van der Waals surface area contributed by atoms with Crippen molar-refractivity contribution in [2.24, 2.45) is 0 Å². The topological polar surface area (TPSA) is 75.6 Å². The summed E-state index contributed by atoms with van der Waals surface area (Å²) >= 11 is 3.36. The molecule has 2 heterocycles. The minimum Gasteiger partial charge on any atom is -0.376 e. The van der Waals surface area contributed by atoms with Gasteiger partial charge < -0.3 is 5.32 Å². The molecule has 7 heteroatoms. The molecule has 0 fully saturated rings. The van der Waals surface area contributed by atoms with E-state index in [2.05, 4.69) is 43.5 Å². The fraction of sp³-hybridized carbons (Fsp3) is 0.462. The molecule has 0 saturated carbocycles. The molecule has 1 unspecified atom stereocenters. The molecule has 0 aliphatic heterocycles. The summed E-state index contributed by atoms with van der Waals surface area (Å²) in [5, 5.41) is 14.1. The Bertz CT molecular complexity index is 608. The van der Waals surface area contributed by atoms with E-state index >= 15 is 0 Å². The van der Waals surface area contributed by atoms with Crippen LogP contribution in [0.1, 0.15) is 38.3 Å². The number of aromatic nitrogens is 4. The first-order chi connectivity index (χ1) is 9.63. The summed E-state index contributed by atoms with van der Waals surface area (Å²) in [6.45, 7) is 4.73. The zero-order valence-electron chi connectivity index (χ0n) is 11.6. The number of unbranched alkanes of at least 4 members (excludes halogenated alkanes) is 1. The lowest BCUT2D eigenvalue weighted by molar-refractivity contribution is 0.541. The van der Waals surface area contributed by atoms with Crippen LogP contribution in [0.4, 0.5) is 5.69 Å². The van der Waals surface area contributed by atoms with Gasteiger partial charge in [0.25, 0.3) is 5.56 Å². The van der Waals surface area contributed by atoms with E-state index in [1.807, 2.05) is 13.1 Å². The monoisotopic (exact) mass is 339 g/mol. The van der Waals surface area contributed by atoms with Gasteiger partial charge in [-0.1, -0.05) is 13.3 Å². The number of aromatic amines is 1. The summed E-state index contributed by atoms with van der Waals surface area (Å²) in [7, 11) is 0. The standard InChI is InChI=1S/C13H18BrN5O/c1-3-4-5-19-13(20)12(14)11(8-17-19)18-9(2)10-6-15-16-7-10/h6-9,18H,3-5H2,1-2H3,(H,15,16). The van der Waals surface area contributed by atoms with E-state index in [0.717, 1.165) is 18.4 Å². The van der Waals surface area contributed by atoms with Crippen molar-refractivity contribution in [3.05, 3.63) is 39.0 Å². The van der Waals surface area contributed by atoms with Crippen LogP contribution >= 0.6 is 15.9 Å². The first-order valence-electron chi connectivity index (χ1n) is 6.64.